The van der Waals surface area contributed by atoms with Crippen molar-refractivity contribution in [3.05, 3.63) is 29.3 Å². The number of hydrogen-bond acceptors (Lipinski definition) is 3. The summed E-state index contributed by atoms with van der Waals surface area (Å²) in [7, 11) is 0. The van der Waals surface area contributed by atoms with E-state index >= 15 is 0 Å². The number of aromatic nitrogens is 2. The summed E-state index contributed by atoms with van der Waals surface area (Å²) < 4.78 is 0. The van der Waals surface area contributed by atoms with Crippen LogP contribution in [0.15, 0.2) is 23.7 Å². The van der Waals surface area contributed by atoms with E-state index in [1.165, 1.54) is 48.2 Å². The van der Waals surface area contributed by atoms with Crippen LogP contribution in [-0.4, -0.2) is 16.7 Å². The Labute approximate surface area is 131 Å². The standard InChI is InChI=1S/C17H25N3S/c1-13-4-6-14(7-5-13)8-9-18-11-15-12-19-20-17(15)16-3-2-10-21-16/h2-3,10,12-14,18H,4-9,11H2,1H3,(H,19,20). The summed E-state index contributed by atoms with van der Waals surface area (Å²) in [5.74, 6) is 1.89. The molecule has 2 aromatic rings. The molecule has 0 spiro atoms. The summed E-state index contributed by atoms with van der Waals surface area (Å²) in [5.41, 5.74) is 2.44. The van der Waals surface area contributed by atoms with Gasteiger partial charge in [-0.3, -0.25) is 5.10 Å². The molecule has 114 valence electrons. The van der Waals surface area contributed by atoms with Crippen LogP contribution in [0, 0.1) is 11.8 Å². The van der Waals surface area contributed by atoms with Crippen molar-refractivity contribution in [1.82, 2.24) is 15.5 Å². The van der Waals surface area contributed by atoms with Gasteiger partial charge in [0.2, 0.25) is 0 Å². The minimum absolute atomic E-state index is 0.910. The maximum atomic E-state index is 4.20. The predicted octanol–water partition coefficient (Wildman–Crippen LogP) is 4.44. The molecule has 0 amide bonds. The second kappa shape index (κ2) is 7.23. The summed E-state index contributed by atoms with van der Waals surface area (Å²) in [6.45, 7) is 4.42. The van der Waals surface area contributed by atoms with E-state index in [4.69, 9.17) is 0 Å². The molecule has 2 N–H and O–H groups in total. The Morgan fingerprint density at radius 3 is 2.95 bits per heavy atom. The third-order valence-electron chi connectivity index (χ3n) is 4.67. The summed E-state index contributed by atoms with van der Waals surface area (Å²) in [4.78, 5) is 1.27. The molecule has 0 aromatic carbocycles. The lowest BCUT2D eigenvalue weighted by molar-refractivity contribution is 0.275. The Morgan fingerprint density at radius 2 is 2.19 bits per heavy atom. The van der Waals surface area contributed by atoms with E-state index in [1.54, 1.807) is 11.3 Å². The van der Waals surface area contributed by atoms with Crippen molar-refractivity contribution in [3.63, 3.8) is 0 Å². The van der Waals surface area contributed by atoms with Gasteiger partial charge in [0.25, 0.3) is 0 Å². The molecule has 21 heavy (non-hydrogen) atoms. The topological polar surface area (TPSA) is 40.7 Å². The van der Waals surface area contributed by atoms with Crippen LogP contribution in [0.25, 0.3) is 10.6 Å². The van der Waals surface area contributed by atoms with Crippen molar-refractivity contribution in [2.24, 2.45) is 11.8 Å². The van der Waals surface area contributed by atoms with E-state index in [9.17, 15) is 0 Å². The summed E-state index contributed by atoms with van der Waals surface area (Å²) >= 11 is 1.76. The van der Waals surface area contributed by atoms with E-state index in [2.05, 4.69) is 40.0 Å². The van der Waals surface area contributed by atoms with Crippen LogP contribution in [0.5, 0.6) is 0 Å². The minimum Gasteiger partial charge on any atom is -0.313 e. The van der Waals surface area contributed by atoms with Crippen LogP contribution >= 0.6 is 11.3 Å². The van der Waals surface area contributed by atoms with Gasteiger partial charge in [0.05, 0.1) is 16.8 Å². The number of hydrogen-bond donors (Lipinski definition) is 2. The normalized spacial score (nSPS) is 22.5. The van der Waals surface area contributed by atoms with Crippen LogP contribution in [-0.2, 0) is 6.54 Å². The smallest absolute Gasteiger partial charge is 0.0794 e. The van der Waals surface area contributed by atoms with E-state index in [-0.39, 0.29) is 0 Å². The molecule has 0 radical (unpaired) electrons. The van der Waals surface area contributed by atoms with E-state index in [0.717, 1.165) is 24.9 Å². The molecule has 1 fully saturated rings. The van der Waals surface area contributed by atoms with Gasteiger partial charge >= 0.3 is 0 Å². The maximum absolute atomic E-state index is 4.20. The molecule has 3 rings (SSSR count). The Morgan fingerprint density at radius 1 is 1.33 bits per heavy atom. The highest BCUT2D eigenvalue weighted by Crippen LogP contribution is 2.30. The first kappa shape index (κ1) is 14.8. The van der Waals surface area contributed by atoms with Crippen molar-refractivity contribution in [3.8, 4) is 10.6 Å². The van der Waals surface area contributed by atoms with Crippen molar-refractivity contribution >= 4 is 11.3 Å². The molecule has 2 aromatic heterocycles. The minimum atomic E-state index is 0.910. The Hall–Kier alpha value is -1.13. The second-order valence-electron chi connectivity index (χ2n) is 6.34. The van der Waals surface area contributed by atoms with Crippen LogP contribution in [0.2, 0.25) is 0 Å². The molecule has 1 aliphatic carbocycles. The van der Waals surface area contributed by atoms with Gasteiger partial charge in [0.1, 0.15) is 0 Å². The Balaban J connectivity index is 1.43. The van der Waals surface area contributed by atoms with Crippen LogP contribution < -0.4 is 5.32 Å². The average molecular weight is 303 g/mol. The summed E-state index contributed by atoms with van der Waals surface area (Å²) in [6, 6.07) is 4.23. The molecular weight excluding hydrogens is 278 g/mol. The Bertz CT molecular complexity index is 524. The van der Waals surface area contributed by atoms with Gasteiger partial charge in [-0.2, -0.15) is 5.10 Å². The fourth-order valence-corrected chi connectivity index (χ4v) is 3.98. The fourth-order valence-electron chi connectivity index (χ4n) is 3.23. The molecule has 0 bridgehead atoms. The summed E-state index contributed by atoms with van der Waals surface area (Å²) in [5, 5.41) is 13.0. The quantitative estimate of drug-likeness (QED) is 0.774. The molecule has 3 nitrogen and oxygen atoms in total. The molecule has 0 aliphatic heterocycles. The van der Waals surface area contributed by atoms with E-state index in [0.29, 0.717) is 0 Å². The third kappa shape index (κ3) is 3.95. The SMILES string of the molecule is CC1CCC(CCNCc2cn[nH]c2-c2cccs2)CC1. The van der Waals surface area contributed by atoms with Crippen molar-refractivity contribution in [1.29, 1.82) is 0 Å². The van der Waals surface area contributed by atoms with Gasteiger partial charge in [-0.1, -0.05) is 38.7 Å². The summed E-state index contributed by atoms with van der Waals surface area (Å²) in [6.07, 6.45) is 8.97. The number of H-pyrrole nitrogens is 1. The zero-order valence-electron chi connectivity index (χ0n) is 12.8. The second-order valence-corrected chi connectivity index (χ2v) is 7.29. The monoisotopic (exact) mass is 303 g/mol. The van der Waals surface area contributed by atoms with Gasteiger partial charge < -0.3 is 5.32 Å². The van der Waals surface area contributed by atoms with Gasteiger partial charge in [-0.15, -0.1) is 11.3 Å². The highest BCUT2D eigenvalue weighted by Gasteiger charge is 2.17. The number of nitrogens with zero attached hydrogens (tertiary/aromatic N) is 1. The molecule has 0 saturated heterocycles. The highest BCUT2D eigenvalue weighted by molar-refractivity contribution is 7.13. The molecule has 1 aliphatic rings. The van der Waals surface area contributed by atoms with Crippen LogP contribution in [0.4, 0.5) is 0 Å². The highest BCUT2D eigenvalue weighted by atomic mass is 32.1. The molecule has 0 unspecified atom stereocenters. The zero-order valence-corrected chi connectivity index (χ0v) is 13.6. The van der Waals surface area contributed by atoms with E-state index in [1.807, 2.05) is 6.20 Å². The van der Waals surface area contributed by atoms with Crippen molar-refractivity contribution in [2.75, 3.05) is 6.54 Å². The number of rotatable bonds is 6. The lowest BCUT2D eigenvalue weighted by atomic mass is 9.81. The first-order valence-corrected chi connectivity index (χ1v) is 8.97. The third-order valence-corrected chi connectivity index (χ3v) is 5.55. The number of thiophene rings is 1. The Kier molecular flexibility index (Phi) is 5.09. The molecule has 2 heterocycles. The van der Waals surface area contributed by atoms with Gasteiger partial charge in [0.15, 0.2) is 0 Å². The lowest BCUT2D eigenvalue weighted by Gasteiger charge is -2.26. The van der Waals surface area contributed by atoms with Crippen LogP contribution in [0.1, 0.15) is 44.6 Å². The predicted molar refractivity (Wildman–Crippen MR) is 89.3 cm³/mol. The van der Waals surface area contributed by atoms with Crippen molar-refractivity contribution < 1.29 is 0 Å². The molecule has 1 saturated carbocycles. The molecule has 4 heteroatoms. The lowest BCUT2D eigenvalue weighted by Crippen LogP contribution is -2.20. The number of aromatic amines is 1. The van der Waals surface area contributed by atoms with Crippen molar-refractivity contribution in [2.45, 2.75) is 45.6 Å². The van der Waals surface area contributed by atoms with Gasteiger partial charge in [-0.05, 0) is 36.2 Å². The largest absolute Gasteiger partial charge is 0.313 e. The number of nitrogens with one attached hydrogen (secondary N) is 2. The fraction of sp³-hybridized carbons (Fsp3) is 0.588. The van der Waals surface area contributed by atoms with E-state index < -0.39 is 0 Å². The first-order valence-electron chi connectivity index (χ1n) is 8.09. The average Bonchev–Trinajstić information content (AvgIpc) is 3.16. The molecule has 0 atom stereocenters. The molecular formula is C17H25N3S. The first-order chi connectivity index (χ1) is 10.3. The van der Waals surface area contributed by atoms with Crippen LogP contribution in [0.3, 0.4) is 0 Å². The van der Waals surface area contributed by atoms with Gasteiger partial charge in [0, 0.05) is 12.1 Å². The maximum Gasteiger partial charge on any atom is 0.0794 e. The van der Waals surface area contributed by atoms with Gasteiger partial charge in [-0.25, -0.2) is 0 Å². The zero-order chi connectivity index (χ0) is 14.5.